The third-order valence-electron chi connectivity index (χ3n) is 1.83. The van der Waals surface area contributed by atoms with Gasteiger partial charge < -0.3 is 5.11 Å². The topological polar surface area (TPSA) is 63.8 Å². The fraction of sp³-hybridized carbons (Fsp3) is 0.222. The van der Waals surface area contributed by atoms with Crippen LogP contribution in [0.1, 0.15) is 11.3 Å². The monoisotopic (exact) mass is 190 g/mol. The Bertz CT molecular complexity index is 438. The molecule has 2 rings (SSSR count). The summed E-state index contributed by atoms with van der Waals surface area (Å²) in [5.74, 6) is 0. The van der Waals surface area contributed by atoms with Gasteiger partial charge in [0, 0.05) is 6.20 Å². The second-order valence-corrected chi connectivity index (χ2v) is 3.03. The third-order valence-corrected chi connectivity index (χ3v) is 1.83. The van der Waals surface area contributed by atoms with Crippen LogP contribution < -0.4 is 0 Å². The van der Waals surface area contributed by atoms with Gasteiger partial charge in [-0.3, -0.25) is 4.98 Å². The summed E-state index contributed by atoms with van der Waals surface area (Å²) in [6.45, 7) is 1.86. The van der Waals surface area contributed by atoms with Gasteiger partial charge in [-0.05, 0) is 18.6 Å². The number of aromatic nitrogens is 4. The lowest BCUT2D eigenvalue weighted by Gasteiger charge is -1.99. The molecule has 0 radical (unpaired) electrons. The molecule has 0 aromatic carbocycles. The van der Waals surface area contributed by atoms with Crippen LogP contribution in [0.5, 0.6) is 0 Å². The molecule has 2 heterocycles. The maximum atomic E-state index is 8.82. The fourth-order valence-corrected chi connectivity index (χ4v) is 1.16. The lowest BCUT2D eigenvalue weighted by Crippen LogP contribution is -1.96. The van der Waals surface area contributed by atoms with Crippen molar-refractivity contribution in [3.05, 3.63) is 35.9 Å². The van der Waals surface area contributed by atoms with Gasteiger partial charge in [0.2, 0.25) is 0 Å². The number of aliphatic hydroxyl groups is 1. The lowest BCUT2D eigenvalue weighted by atomic mass is 10.3. The summed E-state index contributed by atoms with van der Waals surface area (Å²) in [5, 5.41) is 16.5. The van der Waals surface area contributed by atoms with Crippen molar-refractivity contribution in [3.63, 3.8) is 0 Å². The highest BCUT2D eigenvalue weighted by atomic mass is 16.3. The summed E-state index contributed by atoms with van der Waals surface area (Å²) in [5.41, 5.74) is 2.45. The second-order valence-electron chi connectivity index (χ2n) is 3.03. The summed E-state index contributed by atoms with van der Waals surface area (Å²) < 4.78 is 1.59. The number of aliphatic hydroxyl groups excluding tert-OH is 1. The predicted octanol–water partition coefficient (Wildman–Crippen LogP) is 0.463. The summed E-state index contributed by atoms with van der Waals surface area (Å²) in [4.78, 5) is 4.04. The first-order chi connectivity index (χ1) is 6.79. The zero-order valence-electron chi connectivity index (χ0n) is 7.75. The van der Waals surface area contributed by atoms with Gasteiger partial charge in [-0.1, -0.05) is 5.21 Å². The van der Waals surface area contributed by atoms with Crippen LogP contribution in [0.2, 0.25) is 0 Å². The molecule has 0 saturated carbocycles. The normalized spacial score (nSPS) is 10.4. The second kappa shape index (κ2) is 3.55. The highest BCUT2D eigenvalue weighted by Gasteiger charge is 2.01. The number of nitrogens with zero attached hydrogens (tertiary/aromatic N) is 4. The van der Waals surface area contributed by atoms with Gasteiger partial charge in [0.15, 0.2) is 0 Å². The van der Waals surface area contributed by atoms with E-state index in [9.17, 15) is 0 Å². The van der Waals surface area contributed by atoms with E-state index in [1.54, 1.807) is 23.3 Å². The number of rotatable bonds is 2. The van der Waals surface area contributed by atoms with Gasteiger partial charge >= 0.3 is 0 Å². The molecule has 14 heavy (non-hydrogen) atoms. The molecular weight excluding hydrogens is 180 g/mol. The quantitative estimate of drug-likeness (QED) is 0.747. The van der Waals surface area contributed by atoms with Crippen LogP contribution in [0.25, 0.3) is 5.69 Å². The van der Waals surface area contributed by atoms with E-state index >= 15 is 0 Å². The van der Waals surface area contributed by atoms with Gasteiger partial charge in [-0.15, -0.1) is 5.10 Å². The molecule has 0 saturated heterocycles. The third kappa shape index (κ3) is 1.62. The van der Waals surface area contributed by atoms with E-state index in [1.807, 2.05) is 13.0 Å². The Balaban J connectivity index is 2.39. The maximum Gasteiger partial charge on any atom is 0.109 e. The van der Waals surface area contributed by atoms with E-state index < -0.39 is 0 Å². The van der Waals surface area contributed by atoms with E-state index in [2.05, 4.69) is 15.3 Å². The molecule has 2 aromatic rings. The molecule has 0 bridgehead atoms. The summed E-state index contributed by atoms with van der Waals surface area (Å²) >= 11 is 0. The zero-order valence-corrected chi connectivity index (χ0v) is 7.75. The van der Waals surface area contributed by atoms with Crippen LogP contribution in [0.15, 0.2) is 24.7 Å². The lowest BCUT2D eigenvalue weighted by molar-refractivity contribution is 0.276. The van der Waals surface area contributed by atoms with Crippen LogP contribution in [-0.4, -0.2) is 25.1 Å². The minimum atomic E-state index is -0.0980. The first kappa shape index (κ1) is 8.83. The van der Waals surface area contributed by atoms with Crippen LogP contribution in [0, 0.1) is 6.92 Å². The summed E-state index contributed by atoms with van der Waals surface area (Å²) in [6, 6.07) is 1.95. The Morgan fingerprint density at radius 2 is 2.29 bits per heavy atom. The number of pyridine rings is 1. The molecule has 5 nitrogen and oxygen atoms in total. The van der Waals surface area contributed by atoms with Crippen molar-refractivity contribution in [2.24, 2.45) is 0 Å². The summed E-state index contributed by atoms with van der Waals surface area (Å²) in [6.07, 6.45) is 5.15. The first-order valence-corrected chi connectivity index (χ1v) is 4.23. The number of hydrogen-bond donors (Lipinski definition) is 1. The predicted molar refractivity (Wildman–Crippen MR) is 49.8 cm³/mol. The fourth-order valence-electron chi connectivity index (χ4n) is 1.16. The minimum absolute atomic E-state index is 0.0980. The first-order valence-electron chi connectivity index (χ1n) is 4.23. The van der Waals surface area contributed by atoms with Gasteiger partial charge in [-0.2, -0.15) is 0 Å². The average molecular weight is 190 g/mol. The standard InChI is InChI=1S/C9H10N4O/c1-7-2-9(4-10-3-7)13-5-8(6-14)11-12-13/h2-5,14H,6H2,1H3. The Morgan fingerprint density at radius 1 is 1.43 bits per heavy atom. The van der Waals surface area contributed by atoms with E-state index in [0.29, 0.717) is 5.69 Å². The molecule has 5 heteroatoms. The van der Waals surface area contributed by atoms with E-state index in [0.717, 1.165) is 11.3 Å². The van der Waals surface area contributed by atoms with E-state index in [1.165, 1.54) is 0 Å². The van der Waals surface area contributed by atoms with Crippen LogP contribution in [0.3, 0.4) is 0 Å². The zero-order chi connectivity index (χ0) is 9.97. The maximum absolute atomic E-state index is 8.82. The summed E-state index contributed by atoms with van der Waals surface area (Å²) in [7, 11) is 0. The molecule has 0 aliphatic rings. The molecule has 0 aliphatic carbocycles. The van der Waals surface area contributed by atoms with Crippen LogP contribution >= 0.6 is 0 Å². The molecular formula is C9H10N4O. The molecule has 0 spiro atoms. The Hall–Kier alpha value is -1.75. The van der Waals surface area contributed by atoms with Crippen molar-refractivity contribution >= 4 is 0 Å². The molecule has 1 N–H and O–H groups in total. The molecule has 0 aliphatic heterocycles. The van der Waals surface area contributed by atoms with Crippen molar-refractivity contribution in [2.75, 3.05) is 0 Å². The van der Waals surface area contributed by atoms with Gasteiger partial charge in [0.05, 0.1) is 24.7 Å². The molecule has 0 unspecified atom stereocenters. The van der Waals surface area contributed by atoms with Gasteiger partial charge in [0.1, 0.15) is 5.69 Å². The van der Waals surface area contributed by atoms with E-state index in [4.69, 9.17) is 5.11 Å². The van der Waals surface area contributed by atoms with Crippen LogP contribution in [-0.2, 0) is 6.61 Å². The van der Waals surface area contributed by atoms with Crippen molar-refractivity contribution in [1.82, 2.24) is 20.0 Å². The van der Waals surface area contributed by atoms with Gasteiger partial charge in [-0.25, -0.2) is 4.68 Å². The number of hydrogen-bond acceptors (Lipinski definition) is 4. The number of aryl methyl sites for hydroxylation is 1. The molecule has 0 atom stereocenters. The largest absolute Gasteiger partial charge is 0.390 e. The smallest absolute Gasteiger partial charge is 0.109 e. The van der Waals surface area contributed by atoms with E-state index in [-0.39, 0.29) is 6.61 Å². The SMILES string of the molecule is Cc1cncc(-n2cc(CO)nn2)c1. The minimum Gasteiger partial charge on any atom is -0.390 e. The molecule has 2 aromatic heterocycles. The van der Waals surface area contributed by atoms with Gasteiger partial charge in [0.25, 0.3) is 0 Å². The van der Waals surface area contributed by atoms with Crippen molar-refractivity contribution in [1.29, 1.82) is 0 Å². The molecule has 0 amide bonds. The van der Waals surface area contributed by atoms with Crippen molar-refractivity contribution in [2.45, 2.75) is 13.5 Å². The van der Waals surface area contributed by atoms with Crippen molar-refractivity contribution in [3.8, 4) is 5.69 Å². The van der Waals surface area contributed by atoms with Crippen LogP contribution in [0.4, 0.5) is 0 Å². The van der Waals surface area contributed by atoms with Crippen molar-refractivity contribution < 1.29 is 5.11 Å². The highest BCUT2D eigenvalue weighted by molar-refractivity contribution is 5.30. The Morgan fingerprint density at radius 3 is 2.93 bits per heavy atom. The Labute approximate surface area is 81.0 Å². The average Bonchev–Trinajstić information content (AvgIpc) is 2.66. The highest BCUT2D eigenvalue weighted by Crippen LogP contribution is 2.06. The molecule has 72 valence electrons. The molecule has 0 fully saturated rings. The Kier molecular flexibility index (Phi) is 2.24.